The van der Waals surface area contributed by atoms with E-state index in [1.54, 1.807) is 6.07 Å². The smallest absolute Gasteiger partial charge is 0.128 e. The number of hydrogen-bond acceptors (Lipinski definition) is 3. The average Bonchev–Trinajstić information content (AvgIpc) is 2.64. The summed E-state index contributed by atoms with van der Waals surface area (Å²) in [6, 6.07) is 13.1. The Labute approximate surface area is 167 Å². The van der Waals surface area contributed by atoms with E-state index in [4.69, 9.17) is 0 Å². The fourth-order valence-corrected chi connectivity index (χ4v) is 3.74. The van der Waals surface area contributed by atoms with Crippen molar-refractivity contribution >= 4 is 21.6 Å². The van der Waals surface area contributed by atoms with Crippen LogP contribution in [0.2, 0.25) is 0 Å². The van der Waals surface area contributed by atoms with Crippen LogP contribution in [0, 0.1) is 12.7 Å². The molecule has 1 heterocycles. The first-order valence-corrected chi connectivity index (χ1v) is 9.59. The summed E-state index contributed by atoms with van der Waals surface area (Å²) in [7, 11) is 1.96. The minimum absolute atomic E-state index is 0.258. The van der Waals surface area contributed by atoms with Gasteiger partial charge in [0.15, 0.2) is 0 Å². The Balaban J connectivity index is 2.05. The standard InChI is InChI=1S/C22H22BrFN2O/c1-15-6-3-4-8-18(15)20(19-10-9-17(23)12-21(19)24)13-22(25-27)16-7-5-11-26(2)14-16/h3-10,12,14,20,27H,11,13H2,1-2H3/b25-22+. The van der Waals surface area contributed by atoms with E-state index in [-0.39, 0.29) is 11.7 Å². The zero-order valence-corrected chi connectivity index (χ0v) is 16.9. The van der Waals surface area contributed by atoms with Crippen molar-refractivity contribution in [2.24, 2.45) is 5.16 Å². The monoisotopic (exact) mass is 428 g/mol. The molecule has 2 aromatic carbocycles. The van der Waals surface area contributed by atoms with Crippen molar-refractivity contribution in [3.63, 3.8) is 0 Å². The SMILES string of the molecule is Cc1ccccc1C(C/C(=N\O)C1=CN(C)CC=C1)c1ccc(Br)cc1F. The number of nitrogens with zero attached hydrogens (tertiary/aromatic N) is 2. The summed E-state index contributed by atoms with van der Waals surface area (Å²) in [5, 5.41) is 13.2. The largest absolute Gasteiger partial charge is 0.411 e. The van der Waals surface area contributed by atoms with Crippen LogP contribution in [-0.4, -0.2) is 29.4 Å². The Hall–Kier alpha value is -2.40. The van der Waals surface area contributed by atoms with Crippen LogP contribution in [0.1, 0.15) is 29.0 Å². The highest BCUT2D eigenvalue weighted by molar-refractivity contribution is 9.10. The number of allylic oxidation sites excluding steroid dienone is 2. The maximum Gasteiger partial charge on any atom is 0.128 e. The fourth-order valence-electron chi connectivity index (χ4n) is 3.41. The molecule has 0 spiro atoms. The van der Waals surface area contributed by atoms with Gasteiger partial charge in [-0.3, -0.25) is 0 Å². The van der Waals surface area contributed by atoms with Gasteiger partial charge >= 0.3 is 0 Å². The lowest BCUT2D eigenvalue weighted by atomic mass is 9.83. The first-order valence-electron chi connectivity index (χ1n) is 8.80. The van der Waals surface area contributed by atoms with Gasteiger partial charge in [0.1, 0.15) is 5.82 Å². The maximum atomic E-state index is 14.8. The Morgan fingerprint density at radius 1 is 1.26 bits per heavy atom. The summed E-state index contributed by atoms with van der Waals surface area (Å²) in [6.45, 7) is 2.83. The zero-order valence-electron chi connectivity index (χ0n) is 15.4. The van der Waals surface area contributed by atoms with E-state index in [1.807, 2.05) is 67.6 Å². The van der Waals surface area contributed by atoms with Crippen LogP contribution in [0.3, 0.4) is 0 Å². The zero-order chi connectivity index (χ0) is 19.4. The van der Waals surface area contributed by atoms with Crippen LogP contribution in [0.4, 0.5) is 4.39 Å². The molecule has 1 aliphatic rings. The van der Waals surface area contributed by atoms with Crippen molar-refractivity contribution in [1.29, 1.82) is 0 Å². The first kappa shape index (κ1) is 19.4. The predicted octanol–water partition coefficient (Wildman–Crippen LogP) is 5.63. The molecule has 1 atom stereocenters. The third-order valence-electron chi connectivity index (χ3n) is 4.80. The van der Waals surface area contributed by atoms with Crippen molar-refractivity contribution in [2.45, 2.75) is 19.3 Å². The molecular weight excluding hydrogens is 407 g/mol. The molecule has 0 aromatic heterocycles. The van der Waals surface area contributed by atoms with Gasteiger partial charge in [-0.15, -0.1) is 0 Å². The van der Waals surface area contributed by atoms with Gasteiger partial charge in [-0.2, -0.15) is 0 Å². The normalized spacial score (nSPS) is 15.6. The van der Waals surface area contributed by atoms with E-state index in [1.165, 1.54) is 6.07 Å². The molecule has 0 saturated heterocycles. The van der Waals surface area contributed by atoms with E-state index < -0.39 is 0 Å². The van der Waals surface area contributed by atoms with E-state index in [0.717, 1.165) is 23.2 Å². The van der Waals surface area contributed by atoms with Crippen molar-refractivity contribution in [3.8, 4) is 0 Å². The molecule has 0 aliphatic carbocycles. The lowest BCUT2D eigenvalue weighted by molar-refractivity contribution is 0.317. The summed E-state index contributed by atoms with van der Waals surface area (Å²) < 4.78 is 15.5. The lowest BCUT2D eigenvalue weighted by Gasteiger charge is -2.23. The second-order valence-corrected chi connectivity index (χ2v) is 7.67. The topological polar surface area (TPSA) is 35.8 Å². The van der Waals surface area contributed by atoms with Gasteiger partial charge in [-0.1, -0.05) is 63.6 Å². The number of halogens is 2. The van der Waals surface area contributed by atoms with Crippen LogP contribution in [-0.2, 0) is 0 Å². The fraction of sp³-hybridized carbons (Fsp3) is 0.227. The van der Waals surface area contributed by atoms with Crippen molar-refractivity contribution in [3.05, 3.63) is 93.4 Å². The summed E-state index contributed by atoms with van der Waals surface area (Å²) in [4.78, 5) is 2.02. The Morgan fingerprint density at radius 2 is 2.04 bits per heavy atom. The second kappa shape index (κ2) is 8.53. The van der Waals surface area contributed by atoms with Gasteiger partial charge in [-0.25, -0.2) is 4.39 Å². The van der Waals surface area contributed by atoms with E-state index >= 15 is 0 Å². The number of aryl methyl sites for hydroxylation is 1. The molecule has 3 rings (SSSR count). The van der Waals surface area contributed by atoms with E-state index in [0.29, 0.717) is 22.2 Å². The highest BCUT2D eigenvalue weighted by atomic mass is 79.9. The molecule has 3 nitrogen and oxygen atoms in total. The number of likely N-dealkylation sites (N-methyl/N-ethyl adjacent to an activating group) is 1. The molecular formula is C22H22BrFN2O. The molecule has 27 heavy (non-hydrogen) atoms. The van der Waals surface area contributed by atoms with Crippen molar-refractivity contribution in [1.82, 2.24) is 4.90 Å². The molecule has 0 bridgehead atoms. The van der Waals surface area contributed by atoms with Crippen LogP contribution in [0.25, 0.3) is 0 Å². The van der Waals surface area contributed by atoms with Gasteiger partial charge in [0.2, 0.25) is 0 Å². The minimum Gasteiger partial charge on any atom is -0.411 e. The average molecular weight is 429 g/mol. The van der Waals surface area contributed by atoms with Crippen LogP contribution in [0.15, 0.2) is 76.0 Å². The third-order valence-corrected chi connectivity index (χ3v) is 5.30. The molecule has 1 N–H and O–H groups in total. The molecule has 5 heteroatoms. The van der Waals surface area contributed by atoms with E-state index in [2.05, 4.69) is 21.1 Å². The lowest BCUT2D eigenvalue weighted by Crippen LogP contribution is -2.19. The van der Waals surface area contributed by atoms with Gasteiger partial charge < -0.3 is 10.1 Å². The number of hydrogen-bond donors (Lipinski definition) is 1. The number of rotatable bonds is 5. The molecule has 2 aromatic rings. The molecule has 1 aliphatic heterocycles. The molecule has 0 saturated carbocycles. The molecule has 0 radical (unpaired) electrons. The Bertz CT molecular complexity index is 920. The number of oxime groups is 1. The van der Waals surface area contributed by atoms with Crippen molar-refractivity contribution in [2.75, 3.05) is 13.6 Å². The summed E-state index contributed by atoms with van der Waals surface area (Å²) >= 11 is 3.32. The van der Waals surface area contributed by atoms with Crippen molar-refractivity contribution < 1.29 is 9.60 Å². The maximum absolute atomic E-state index is 14.8. The van der Waals surface area contributed by atoms with Gasteiger partial charge in [0.05, 0.1) is 5.71 Å². The molecule has 0 amide bonds. The van der Waals surface area contributed by atoms with Crippen LogP contribution < -0.4 is 0 Å². The Kier molecular flexibility index (Phi) is 6.11. The molecule has 140 valence electrons. The highest BCUT2D eigenvalue weighted by Crippen LogP contribution is 2.34. The van der Waals surface area contributed by atoms with Gasteiger partial charge in [-0.05, 0) is 35.7 Å². The number of benzene rings is 2. The van der Waals surface area contributed by atoms with Crippen LogP contribution >= 0.6 is 15.9 Å². The van der Waals surface area contributed by atoms with E-state index in [9.17, 15) is 9.60 Å². The highest BCUT2D eigenvalue weighted by Gasteiger charge is 2.24. The minimum atomic E-state index is -0.278. The Morgan fingerprint density at radius 3 is 2.70 bits per heavy atom. The quantitative estimate of drug-likeness (QED) is 0.380. The second-order valence-electron chi connectivity index (χ2n) is 6.75. The first-order chi connectivity index (χ1) is 13.0. The van der Waals surface area contributed by atoms with Crippen LogP contribution in [0.5, 0.6) is 0 Å². The third kappa shape index (κ3) is 4.48. The predicted molar refractivity (Wildman–Crippen MR) is 111 cm³/mol. The summed E-state index contributed by atoms with van der Waals surface area (Å²) in [5.41, 5.74) is 4.05. The van der Waals surface area contributed by atoms with Gasteiger partial charge in [0.25, 0.3) is 0 Å². The summed E-state index contributed by atoms with van der Waals surface area (Å²) in [6.07, 6.45) is 6.30. The molecule has 0 fully saturated rings. The summed E-state index contributed by atoms with van der Waals surface area (Å²) in [5.74, 6) is -0.535. The van der Waals surface area contributed by atoms with Gasteiger partial charge in [0, 0.05) is 42.2 Å². The molecule has 1 unspecified atom stereocenters.